The van der Waals surface area contributed by atoms with E-state index in [0.29, 0.717) is 11.6 Å². The van der Waals surface area contributed by atoms with E-state index >= 15 is 0 Å². The number of hydrogen-bond acceptors (Lipinski definition) is 6. The Morgan fingerprint density at radius 3 is 2.27 bits per heavy atom. The summed E-state index contributed by atoms with van der Waals surface area (Å²) in [6, 6.07) is 4.78. The molecule has 0 saturated heterocycles. The molecule has 1 aromatic heterocycles. The second-order valence-electron chi connectivity index (χ2n) is 4.24. The number of nitrogens with one attached hydrogen (secondary N) is 2. The van der Waals surface area contributed by atoms with Crippen molar-refractivity contribution in [2.75, 3.05) is 5.32 Å². The number of urea groups is 1. The fourth-order valence-electron chi connectivity index (χ4n) is 1.64. The zero-order valence-corrected chi connectivity index (χ0v) is 13.2. The highest BCUT2D eigenvalue weighted by atomic mass is 35.5. The summed E-state index contributed by atoms with van der Waals surface area (Å²) in [4.78, 5) is 23.3. The van der Waals surface area contributed by atoms with Crippen molar-refractivity contribution in [3.05, 3.63) is 40.9 Å². The van der Waals surface area contributed by atoms with Crippen LogP contribution in [0.5, 0.6) is 0 Å². The second-order valence-corrected chi connectivity index (χ2v) is 6.30. The Kier molecular flexibility index (Phi) is 4.57. The number of anilines is 1. The van der Waals surface area contributed by atoms with Crippen LogP contribution in [-0.4, -0.2) is 29.4 Å². The molecular formula is C12H12ClN5O3S. The van der Waals surface area contributed by atoms with E-state index in [0.717, 1.165) is 0 Å². The Labute approximate surface area is 132 Å². The predicted octanol–water partition coefficient (Wildman–Crippen LogP) is 1.65. The average molecular weight is 342 g/mol. The summed E-state index contributed by atoms with van der Waals surface area (Å²) in [5.41, 5.74) is 0. The standard InChI is InChI=1S/C12H12ClN5O3S/c1-7-14-8(2)16-11(15-7)17-12(19)18-22(20,21)10-6-4-3-5-9(10)13/h3-6H,1-2H3,(H2,14,15,16,17,18,19). The van der Waals surface area contributed by atoms with E-state index in [4.69, 9.17) is 11.6 Å². The summed E-state index contributed by atoms with van der Waals surface area (Å²) in [5, 5.41) is 2.24. The van der Waals surface area contributed by atoms with Gasteiger partial charge in [-0.15, -0.1) is 0 Å². The Hall–Kier alpha value is -2.26. The molecule has 0 spiro atoms. The smallest absolute Gasteiger partial charge is 0.275 e. The molecule has 0 aliphatic rings. The third-order valence-corrected chi connectivity index (χ3v) is 4.27. The van der Waals surface area contributed by atoms with Gasteiger partial charge in [0.1, 0.15) is 16.5 Å². The van der Waals surface area contributed by atoms with E-state index in [-0.39, 0.29) is 15.9 Å². The van der Waals surface area contributed by atoms with Crippen molar-refractivity contribution >= 4 is 33.6 Å². The minimum atomic E-state index is -4.10. The molecule has 1 aromatic carbocycles. The first-order valence-corrected chi connectivity index (χ1v) is 7.91. The van der Waals surface area contributed by atoms with Crippen LogP contribution in [0.15, 0.2) is 29.2 Å². The van der Waals surface area contributed by atoms with Crippen molar-refractivity contribution in [3.63, 3.8) is 0 Å². The maximum absolute atomic E-state index is 12.1. The van der Waals surface area contributed by atoms with Gasteiger partial charge in [0.15, 0.2) is 0 Å². The fraction of sp³-hybridized carbons (Fsp3) is 0.167. The molecule has 0 aliphatic heterocycles. The van der Waals surface area contributed by atoms with Gasteiger partial charge in [0, 0.05) is 0 Å². The molecule has 22 heavy (non-hydrogen) atoms. The van der Waals surface area contributed by atoms with Crippen molar-refractivity contribution in [1.82, 2.24) is 19.7 Å². The molecule has 0 aliphatic carbocycles. The van der Waals surface area contributed by atoms with Gasteiger partial charge in [-0.05, 0) is 26.0 Å². The van der Waals surface area contributed by atoms with E-state index in [9.17, 15) is 13.2 Å². The van der Waals surface area contributed by atoms with Gasteiger partial charge in [-0.1, -0.05) is 23.7 Å². The number of rotatable bonds is 3. The normalized spacial score (nSPS) is 11.0. The lowest BCUT2D eigenvalue weighted by atomic mass is 10.4. The number of halogens is 1. The number of aryl methyl sites for hydroxylation is 2. The lowest BCUT2D eigenvalue weighted by Gasteiger charge is -2.09. The first-order chi connectivity index (χ1) is 10.3. The number of sulfonamides is 1. The van der Waals surface area contributed by atoms with Crippen LogP contribution < -0.4 is 10.0 Å². The van der Waals surface area contributed by atoms with Gasteiger partial charge >= 0.3 is 6.03 Å². The summed E-state index contributed by atoms with van der Waals surface area (Å²) in [5.74, 6) is 0.755. The molecule has 0 unspecified atom stereocenters. The number of aromatic nitrogens is 3. The van der Waals surface area contributed by atoms with E-state index in [1.165, 1.54) is 18.2 Å². The van der Waals surface area contributed by atoms with E-state index < -0.39 is 16.1 Å². The van der Waals surface area contributed by atoms with Gasteiger partial charge in [-0.3, -0.25) is 5.32 Å². The molecule has 0 radical (unpaired) electrons. The van der Waals surface area contributed by atoms with Crippen molar-refractivity contribution in [1.29, 1.82) is 0 Å². The molecule has 2 rings (SSSR count). The molecule has 2 amide bonds. The lowest BCUT2D eigenvalue weighted by molar-refractivity contribution is 0.256. The molecule has 0 atom stereocenters. The number of benzene rings is 1. The van der Waals surface area contributed by atoms with Gasteiger partial charge in [0.2, 0.25) is 5.95 Å². The summed E-state index contributed by atoms with van der Waals surface area (Å²) in [7, 11) is -4.10. The number of carbonyl (C=O) groups is 1. The monoisotopic (exact) mass is 341 g/mol. The lowest BCUT2D eigenvalue weighted by Crippen LogP contribution is -2.35. The number of carbonyl (C=O) groups excluding carboxylic acids is 1. The summed E-state index contributed by atoms with van der Waals surface area (Å²) >= 11 is 5.81. The largest absolute Gasteiger partial charge is 0.335 e. The minimum absolute atomic E-state index is 0.00894. The van der Waals surface area contributed by atoms with E-state index in [1.807, 2.05) is 4.72 Å². The van der Waals surface area contributed by atoms with E-state index in [1.54, 1.807) is 19.9 Å². The maximum atomic E-state index is 12.1. The second kappa shape index (κ2) is 6.24. The summed E-state index contributed by atoms with van der Waals surface area (Å²) in [6.45, 7) is 3.25. The van der Waals surface area contributed by atoms with Crippen LogP contribution in [0.4, 0.5) is 10.7 Å². The Morgan fingerprint density at radius 2 is 1.68 bits per heavy atom. The van der Waals surface area contributed by atoms with Crippen LogP contribution >= 0.6 is 11.6 Å². The van der Waals surface area contributed by atoms with Crippen molar-refractivity contribution < 1.29 is 13.2 Å². The average Bonchev–Trinajstić information content (AvgIpc) is 2.36. The highest BCUT2D eigenvalue weighted by molar-refractivity contribution is 7.90. The van der Waals surface area contributed by atoms with Crippen LogP contribution in [0, 0.1) is 13.8 Å². The topological polar surface area (TPSA) is 114 Å². The highest BCUT2D eigenvalue weighted by Gasteiger charge is 2.20. The van der Waals surface area contributed by atoms with Crippen LogP contribution in [0.3, 0.4) is 0 Å². The quantitative estimate of drug-likeness (QED) is 0.877. The Bertz CT molecular complexity index is 805. The Balaban J connectivity index is 2.16. The van der Waals surface area contributed by atoms with Gasteiger partial charge in [0.25, 0.3) is 10.0 Å². The van der Waals surface area contributed by atoms with E-state index in [2.05, 4.69) is 20.3 Å². The molecule has 0 bridgehead atoms. The minimum Gasteiger partial charge on any atom is -0.275 e. The zero-order valence-electron chi connectivity index (χ0n) is 11.7. The van der Waals surface area contributed by atoms with Gasteiger partial charge in [-0.25, -0.2) is 22.9 Å². The first-order valence-electron chi connectivity index (χ1n) is 6.05. The van der Waals surface area contributed by atoms with Crippen molar-refractivity contribution in [2.45, 2.75) is 18.7 Å². The van der Waals surface area contributed by atoms with Gasteiger partial charge in [0.05, 0.1) is 5.02 Å². The number of amides is 2. The summed E-state index contributed by atoms with van der Waals surface area (Å²) < 4.78 is 26.0. The SMILES string of the molecule is Cc1nc(C)nc(NC(=O)NS(=O)(=O)c2ccccc2Cl)n1. The third-order valence-electron chi connectivity index (χ3n) is 2.44. The van der Waals surface area contributed by atoms with Crippen LogP contribution in [0.1, 0.15) is 11.6 Å². The highest BCUT2D eigenvalue weighted by Crippen LogP contribution is 2.20. The van der Waals surface area contributed by atoms with Gasteiger partial charge < -0.3 is 0 Å². The van der Waals surface area contributed by atoms with Crippen LogP contribution in [0.2, 0.25) is 5.02 Å². The third kappa shape index (κ3) is 3.89. The summed E-state index contributed by atoms with van der Waals surface area (Å²) in [6.07, 6.45) is 0. The van der Waals surface area contributed by atoms with Crippen molar-refractivity contribution in [2.24, 2.45) is 0 Å². The molecule has 116 valence electrons. The molecule has 10 heteroatoms. The Morgan fingerprint density at radius 1 is 1.09 bits per heavy atom. The van der Waals surface area contributed by atoms with Crippen molar-refractivity contribution in [3.8, 4) is 0 Å². The van der Waals surface area contributed by atoms with Crippen LogP contribution in [-0.2, 0) is 10.0 Å². The van der Waals surface area contributed by atoms with Crippen LogP contribution in [0.25, 0.3) is 0 Å². The zero-order chi connectivity index (χ0) is 16.3. The number of hydrogen-bond donors (Lipinski definition) is 2. The first kappa shape index (κ1) is 16.1. The molecule has 2 aromatic rings. The molecular weight excluding hydrogens is 330 g/mol. The molecule has 0 fully saturated rings. The fourth-order valence-corrected chi connectivity index (χ4v) is 3.07. The number of nitrogens with zero attached hydrogens (tertiary/aromatic N) is 3. The van der Waals surface area contributed by atoms with Gasteiger partial charge in [-0.2, -0.15) is 9.97 Å². The predicted molar refractivity (Wildman–Crippen MR) is 80.1 cm³/mol. The molecule has 2 N–H and O–H groups in total. The maximum Gasteiger partial charge on any atom is 0.335 e. The molecule has 8 nitrogen and oxygen atoms in total. The molecule has 1 heterocycles. The molecule has 0 saturated carbocycles.